The molecule has 1 fully saturated rings. The van der Waals surface area contributed by atoms with Gasteiger partial charge >= 0.3 is 0 Å². The molecule has 114 valence electrons. The van der Waals surface area contributed by atoms with Crippen LogP contribution in [0.5, 0.6) is 0 Å². The van der Waals surface area contributed by atoms with Gasteiger partial charge in [0.1, 0.15) is 12.1 Å². The average Bonchev–Trinajstić information content (AvgIpc) is 2.48. The Balaban J connectivity index is 2.51. The summed E-state index contributed by atoms with van der Waals surface area (Å²) in [5.74, 6) is -0.101. The molecule has 21 heavy (non-hydrogen) atoms. The van der Waals surface area contributed by atoms with Gasteiger partial charge in [-0.05, 0) is 25.0 Å². The molecule has 0 radical (unpaired) electrons. The van der Waals surface area contributed by atoms with Crippen LogP contribution in [-0.2, 0) is 9.59 Å². The normalized spacial score (nSPS) is 22.2. The summed E-state index contributed by atoms with van der Waals surface area (Å²) in [7, 11) is 3.87. The van der Waals surface area contributed by atoms with Crippen LogP contribution < -0.4 is 15.1 Å². The Bertz CT molecular complexity index is 542. The number of piperazine rings is 1. The molecule has 2 rings (SSSR count). The molecule has 5 heteroatoms. The van der Waals surface area contributed by atoms with E-state index < -0.39 is 12.1 Å². The first-order valence-electron chi connectivity index (χ1n) is 7.41. The molecule has 1 heterocycles. The Morgan fingerprint density at radius 2 is 1.81 bits per heavy atom. The van der Waals surface area contributed by atoms with Gasteiger partial charge in [0.25, 0.3) is 0 Å². The number of rotatable bonds is 4. The zero-order valence-electron chi connectivity index (χ0n) is 13.1. The van der Waals surface area contributed by atoms with E-state index in [0.717, 1.165) is 11.4 Å². The van der Waals surface area contributed by atoms with Gasteiger partial charge in [0.05, 0.1) is 11.4 Å². The summed E-state index contributed by atoms with van der Waals surface area (Å²) < 4.78 is 0. The molecule has 5 nitrogen and oxygen atoms in total. The van der Waals surface area contributed by atoms with Crippen molar-refractivity contribution in [3.8, 4) is 0 Å². The first kappa shape index (κ1) is 15.4. The fourth-order valence-electron chi connectivity index (χ4n) is 2.75. The van der Waals surface area contributed by atoms with Crippen LogP contribution in [0.3, 0.4) is 0 Å². The van der Waals surface area contributed by atoms with Crippen LogP contribution in [0, 0.1) is 0 Å². The van der Waals surface area contributed by atoms with Crippen molar-refractivity contribution in [1.29, 1.82) is 0 Å². The molecular weight excluding hydrogens is 266 g/mol. The summed E-state index contributed by atoms with van der Waals surface area (Å²) in [4.78, 5) is 28.7. The van der Waals surface area contributed by atoms with E-state index in [4.69, 9.17) is 0 Å². The van der Waals surface area contributed by atoms with E-state index in [1.165, 1.54) is 0 Å². The van der Waals surface area contributed by atoms with E-state index in [0.29, 0.717) is 12.8 Å². The number of hydrogen-bond donors (Lipinski definition) is 1. The molecule has 2 unspecified atom stereocenters. The average molecular weight is 289 g/mol. The zero-order valence-corrected chi connectivity index (χ0v) is 13.1. The number of para-hydroxylation sites is 2. The van der Waals surface area contributed by atoms with E-state index in [2.05, 4.69) is 5.32 Å². The van der Waals surface area contributed by atoms with Crippen molar-refractivity contribution < 1.29 is 9.59 Å². The summed E-state index contributed by atoms with van der Waals surface area (Å²) in [5, 5.41) is 2.82. The second kappa shape index (κ2) is 6.16. The number of benzene rings is 1. The molecule has 1 saturated heterocycles. The molecular formula is C16H23N3O2. The van der Waals surface area contributed by atoms with E-state index in [1.807, 2.05) is 57.1 Å². The summed E-state index contributed by atoms with van der Waals surface area (Å²) in [5.41, 5.74) is 1.74. The van der Waals surface area contributed by atoms with Gasteiger partial charge in [0, 0.05) is 14.1 Å². The van der Waals surface area contributed by atoms with Crippen molar-refractivity contribution in [2.45, 2.75) is 38.8 Å². The van der Waals surface area contributed by atoms with Gasteiger partial charge in [-0.25, -0.2) is 0 Å². The van der Waals surface area contributed by atoms with Crippen LogP contribution in [0.4, 0.5) is 11.4 Å². The fourth-order valence-corrected chi connectivity index (χ4v) is 2.75. The van der Waals surface area contributed by atoms with Gasteiger partial charge < -0.3 is 10.2 Å². The van der Waals surface area contributed by atoms with Gasteiger partial charge in [0.15, 0.2) is 0 Å². The van der Waals surface area contributed by atoms with E-state index in [-0.39, 0.29) is 11.8 Å². The predicted molar refractivity (Wildman–Crippen MR) is 84.6 cm³/mol. The Morgan fingerprint density at radius 3 is 2.38 bits per heavy atom. The van der Waals surface area contributed by atoms with Crippen molar-refractivity contribution >= 4 is 23.2 Å². The third-order valence-electron chi connectivity index (χ3n) is 3.88. The lowest BCUT2D eigenvalue weighted by molar-refractivity contribution is -0.134. The molecule has 1 aromatic rings. The molecule has 1 aromatic carbocycles. The van der Waals surface area contributed by atoms with E-state index in [9.17, 15) is 9.59 Å². The topological polar surface area (TPSA) is 52.7 Å². The van der Waals surface area contributed by atoms with Gasteiger partial charge in [-0.1, -0.05) is 26.0 Å². The Morgan fingerprint density at radius 1 is 1.14 bits per heavy atom. The summed E-state index contributed by atoms with van der Waals surface area (Å²) in [6.07, 6.45) is 1.19. The highest BCUT2D eigenvalue weighted by atomic mass is 16.2. The molecule has 0 saturated carbocycles. The maximum Gasteiger partial charge on any atom is 0.250 e. The molecule has 2 atom stereocenters. The van der Waals surface area contributed by atoms with Crippen molar-refractivity contribution in [3.63, 3.8) is 0 Å². The molecule has 1 N–H and O–H groups in total. The van der Waals surface area contributed by atoms with Crippen LogP contribution in [-0.4, -0.2) is 38.0 Å². The maximum absolute atomic E-state index is 12.7. The number of nitrogens with zero attached hydrogens (tertiary/aromatic N) is 2. The Hall–Kier alpha value is -2.04. The van der Waals surface area contributed by atoms with Gasteiger partial charge in [0.2, 0.25) is 11.8 Å². The van der Waals surface area contributed by atoms with Gasteiger partial charge in [-0.2, -0.15) is 0 Å². The highest BCUT2D eigenvalue weighted by Crippen LogP contribution is 2.32. The lowest BCUT2D eigenvalue weighted by Gasteiger charge is -2.39. The SMILES string of the molecule is CCC1NC(=O)C(CC)N(c2ccccc2N(C)C)C1=O. The predicted octanol–water partition coefficient (Wildman–Crippen LogP) is 1.77. The van der Waals surface area contributed by atoms with E-state index >= 15 is 0 Å². The number of amides is 2. The molecule has 2 amide bonds. The summed E-state index contributed by atoms with van der Waals surface area (Å²) >= 11 is 0. The van der Waals surface area contributed by atoms with Crippen LogP contribution >= 0.6 is 0 Å². The number of anilines is 2. The first-order chi connectivity index (χ1) is 10.0. The molecule has 0 bridgehead atoms. The monoisotopic (exact) mass is 289 g/mol. The van der Waals surface area contributed by atoms with Crippen molar-refractivity contribution in [3.05, 3.63) is 24.3 Å². The van der Waals surface area contributed by atoms with Crippen molar-refractivity contribution in [1.82, 2.24) is 5.32 Å². The second-order valence-electron chi connectivity index (χ2n) is 5.48. The van der Waals surface area contributed by atoms with Gasteiger partial charge in [-0.15, -0.1) is 0 Å². The quantitative estimate of drug-likeness (QED) is 0.919. The van der Waals surface area contributed by atoms with Crippen LogP contribution in [0.25, 0.3) is 0 Å². The third-order valence-corrected chi connectivity index (χ3v) is 3.88. The molecule has 0 aromatic heterocycles. The molecule has 0 spiro atoms. The second-order valence-corrected chi connectivity index (χ2v) is 5.48. The van der Waals surface area contributed by atoms with E-state index in [1.54, 1.807) is 4.90 Å². The third kappa shape index (κ3) is 2.73. The fraction of sp³-hybridized carbons (Fsp3) is 0.500. The molecule has 0 aliphatic carbocycles. The highest BCUT2D eigenvalue weighted by molar-refractivity contribution is 6.09. The van der Waals surface area contributed by atoms with Crippen LogP contribution in [0.2, 0.25) is 0 Å². The first-order valence-corrected chi connectivity index (χ1v) is 7.41. The minimum Gasteiger partial charge on any atom is -0.376 e. The maximum atomic E-state index is 12.7. The van der Waals surface area contributed by atoms with Crippen molar-refractivity contribution in [2.24, 2.45) is 0 Å². The lowest BCUT2D eigenvalue weighted by atomic mass is 10.0. The highest BCUT2D eigenvalue weighted by Gasteiger charge is 2.40. The zero-order chi connectivity index (χ0) is 15.6. The molecule has 1 aliphatic heterocycles. The van der Waals surface area contributed by atoms with Gasteiger partial charge in [-0.3, -0.25) is 14.5 Å². The number of carbonyl (C=O) groups excluding carboxylic acids is 2. The van der Waals surface area contributed by atoms with Crippen molar-refractivity contribution in [2.75, 3.05) is 23.9 Å². The minimum atomic E-state index is -0.443. The minimum absolute atomic E-state index is 0.0294. The van der Waals surface area contributed by atoms with Crippen LogP contribution in [0.15, 0.2) is 24.3 Å². The number of nitrogens with one attached hydrogen (secondary N) is 1. The smallest absolute Gasteiger partial charge is 0.250 e. The van der Waals surface area contributed by atoms with Crippen LogP contribution in [0.1, 0.15) is 26.7 Å². The number of carbonyl (C=O) groups is 2. The summed E-state index contributed by atoms with van der Waals surface area (Å²) in [6.45, 7) is 3.83. The Kier molecular flexibility index (Phi) is 4.50. The molecule has 1 aliphatic rings. The Labute approximate surface area is 125 Å². The number of hydrogen-bond acceptors (Lipinski definition) is 3. The standard InChI is InChI=1S/C16H23N3O2/c1-5-11-16(21)19(12(6-2)15(20)17-11)14-10-8-7-9-13(14)18(3)4/h7-12H,5-6H2,1-4H3,(H,17,20). The lowest BCUT2D eigenvalue weighted by Crippen LogP contribution is -2.63. The largest absolute Gasteiger partial charge is 0.376 e. The summed E-state index contributed by atoms with van der Waals surface area (Å²) in [6, 6.07) is 6.82.